The molecule has 0 bridgehead atoms. The van der Waals surface area contributed by atoms with Crippen LogP contribution in [0.25, 0.3) is 0 Å². The predicted molar refractivity (Wildman–Crippen MR) is 75.0 cm³/mol. The summed E-state index contributed by atoms with van der Waals surface area (Å²) in [6, 6.07) is -0.567. The summed E-state index contributed by atoms with van der Waals surface area (Å²) >= 11 is 3.19. The van der Waals surface area contributed by atoms with Crippen molar-refractivity contribution in [3.05, 3.63) is 27.0 Å². The van der Waals surface area contributed by atoms with Gasteiger partial charge in [-0.25, -0.2) is 0 Å². The number of carbonyl (C=O) groups is 1. The van der Waals surface area contributed by atoms with Crippen LogP contribution in [0.4, 0.5) is 11.4 Å². The number of hydrogen-bond donors (Lipinski definition) is 1. The number of rotatable bonds is 5. The average Bonchev–Trinajstić information content (AvgIpc) is 2.38. The highest BCUT2D eigenvalue weighted by Gasteiger charge is 2.23. The Morgan fingerprint density at radius 3 is 2.79 bits per heavy atom. The van der Waals surface area contributed by atoms with Gasteiger partial charge in [-0.15, -0.1) is 0 Å². The summed E-state index contributed by atoms with van der Waals surface area (Å²) in [4.78, 5) is 27.6. The van der Waals surface area contributed by atoms with Crippen LogP contribution in [0.5, 0.6) is 0 Å². The second-order valence-corrected chi connectivity index (χ2v) is 4.85. The molecule has 0 saturated heterocycles. The number of likely N-dealkylation sites (N-methyl/N-ethyl adjacent to an activating group) is 1. The van der Waals surface area contributed by atoms with Gasteiger partial charge >= 0.3 is 5.69 Å². The molecular formula is C11H15BrN4O3. The van der Waals surface area contributed by atoms with Gasteiger partial charge in [0.2, 0.25) is 5.91 Å². The first kappa shape index (κ1) is 15.4. The van der Waals surface area contributed by atoms with Crippen LogP contribution in [0.1, 0.15) is 13.8 Å². The van der Waals surface area contributed by atoms with Crippen molar-refractivity contribution in [2.45, 2.75) is 19.9 Å². The zero-order chi connectivity index (χ0) is 14.6. The average molecular weight is 331 g/mol. The molecule has 0 aliphatic rings. The number of carbonyl (C=O) groups excluding carboxylic acids is 1. The van der Waals surface area contributed by atoms with Crippen LogP contribution in [0.3, 0.4) is 0 Å². The van der Waals surface area contributed by atoms with Crippen molar-refractivity contribution in [1.29, 1.82) is 0 Å². The normalized spacial score (nSPS) is 11.8. The Kier molecular flexibility index (Phi) is 5.22. The van der Waals surface area contributed by atoms with Crippen molar-refractivity contribution in [1.82, 2.24) is 9.88 Å². The monoisotopic (exact) mass is 330 g/mol. The Bertz CT molecular complexity index is 495. The van der Waals surface area contributed by atoms with E-state index >= 15 is 0 Å². The zero-order valence-electron chi connectivity index (χ0n) is 10.9. The van der Waals surface area contributed by atoms with E-state index < -0.39 is 11.0 Å². The van der Waals surface area contributed by atoms with Crippen LogP contribution >= 0.6 is 15.9 Å². The number of nitrogens with zero attached hydrogens (tertiary/aromatic N) is 3. The predicted octanol–water partition coefficient (Wildman–Crippen LogP) is 2.03. The molecule has 1 aromatic rings. The van der Waals surface area contributed by atoms with E-state index in [1.165, 1.54) is 6.20 Å². The molecule has 1 atom stereocenters. The third kappa shape index (κ3) is 3.63. The van der Waals surface area contributed by atoms with Crippen LogP contribution in [0, 0.1) is 10.1 Å². The molecule has 1 heterocycles. The fraction of sp³-hybridized carbons (Fsp3) is 0.455. The number of amides is 1. The van der Waals surface area contributed by atoms with Gasteiger partial charge in [-0.1, -0.05) is 0 Å². The summed E-state index contributed by atoms with van der Waals surface area (Å²) in [6.07, 6.45) is 2.59. The van der Waals surface area contributed by atoms with Crippen LogP contribution in [-0.2, 0) is 4.79 Å². The topological polar surface area (TPSA) is 88.4 Å². The number of hydrogen-bond acceptors (Lipinski definition) is 5. The smallest absolute Gasteiger partial charge is 0.311 e. The highest BCUT2D eigenvalue weighted by Crippen LogP contribution is 2.31. The number of nitrogens with one attached hydrogen (secondary N) is 1. The van der Waals surface area contributed by atoms with E-state index in [1.807, 2.05) is 6.92 Å². The lowest BCUT2D eigenvalue weighted by Gasteiger charge is -2.21. The molecule has 7 nitrogen and oxygen atoms in total. The summed E-state index contributed by atoms with van der Waals surface area (Å²) in [5.74, 6) is -0.138. The molecule has 0 fully saturated rings. The van der Waals surface area contributed by atoms with Gasteiger partial charge in [0.1, 0.15) is 17.9 Å². The van der Waals surface area contributed by atoms with Crippen molar-refractivity contribution in [3.63, 3.8) is 0 Å². The van der Waals surface area contributed by atoms with Gasteiger partial charge in [-0.05, 0) is 29.8 Å². The van der Waals surface area contributed by atoms with Crippen LogP contribution in [-0.4, -0.2) is 40.3 Å². The first-order valence-electron chi connectivity index (χ1n) is 5.67. The highest BCUT2D eigenvalue weighted by atomic mass is 79.9. The molecule has 0 radical (unpaired) electrons. The quantitative estimate of drug-likeness (QED) is 0.659. The highest BCUT2D eigenvalue weighted by molar-refractivity contribution is 9.10. The van der Waals surface area contributed by atoms with E-state index in [0.717, 1.165) is 6.20 Å². The molecule has 104 valence electrons. The molecule has 1 unspecified atom stereocenters. The maximum atomic E-state index is 11.9. The molecule has 1 amide bonds. The molecule has 1 N–H and O–H groups in total. The fourth-order valence-electron chi connectivity index (χ4n) is 1.47. The summed E-state index contributed by atoms with van der Waals surface area (Å²) < 4.78 is 0.445. The Labute approximate surface area is 119 Å². The van der Waals surface area contributed by atoms with Gasteiger partial charge < -0.3 is 10.2 Å². The lowest BCUT2D eigenvalue weighted by atomic mass is 10.2. The molecule has 0 spiro atoms. The maximum Gasteiger partial charge on any atom is 0.311 e. The van der Waals surface area contributed by atoms with E-state index in [2.05, 4.69) is 26.2 Å². The first-order chi connectivity index (χ1) is 8.88. The third-order valence-corrected chi connectivity index (χ3v) is 3.26. The Balaban J connectivity index is 2.99. The van der Waals surface area contributed by atoms with Crippen molar-refractivity contribution >= 4 is 33.2 Å². The minimum absolute atomic E-state index is 0.138. The first-order valence-corrected chi connectivity index (χ1v) is 6.47. The van der Waals surface area contributed by atoms with Gasteiger partial charge in [0.25, 0.3) is 0 Å². The Hall–Kier alpha value is -1.70. The van der Waals surface area contributed by atoms with Crippen molar-refractivity contribution < 1.29 is 9.72 Å². The van der Waals surface area contributed by atoms with Crippen LogP contribution < -0.4 is 5.32 Å². The number of anilines is 1. The molecule has 19 heavy (non-hydrogen) atoms. The zero-order valence-corrected chi connectivity index (χ0v) is 12.5. The van der Waals surface area contributed by atoms with Crippen LogP contribution in [0.2, 0.25) is 0 Å². The summed E-state index contributed by atoms with van der Waals surface area (Å²) in [5.41, 5.74) is 0.0820. The van der Waals surface area contributed by atoms with Crippen LogP contribution in [0.15, 0.2) is 16.9 Å². The Morgan fingerprint density at radius 1 is 1.63 bits per heavy atom. The van der Waals surface area contributed by atoms with Gasteiger partial charge in [-0.3, -0.25) is 19.9 Å². The van der Waals surface area contributed by atoms with E-state index in [-0.39, 0.29) is 17.3 Å². The van der Waals surface area contributed by atoms with Crippen molar-refractivity contribution in [3.8, 4) is 0 Å². The number of aromatic nitrogens is 1. The number of nitro groups is 1. The van der Waals surface area contributed by atoms with E-state index in [9.17, 15) is 14.9 Å². The van der Waals surface area contributed by atoms with E-state index in [4.69, 9.17) is 0 Å². The second-order valence-electron chi connectivity index (χ2n) is 3.99. The SMILES string of the molecule is CCN(C)C(=O)C(C)Nc1c(Br)cncc1[N+](=O)[O-]. The molecule has 0 aliphatic carbocycles. The summed E-state index contributed by atoms with van der Waals surface area (Å²) in [6.45, 7) is 4.09. The maximum absolute atomic E-state index is 11.9. The third-order valence-electron chi connectivity index (χ3n) is 2.66. The molecule has 1 rings (SSSR count). The molecule has 8 heteroatoms. The Morgan fingerprint density at radius 2 is 2.26 bits per heavy atom. The molecule has 0 aromatic carbocycles. The molecular weight excluding hydrogens is 316 g/mol. The summed E-state index contributed by atoms with van der Waals surface area (Å²) in [7, 11) is 1.68. The van der Waals surface area contributed by atoms with E-state index in [1.54, 1.807) is 18.9 Å². The second kappa shape index (κ2) is 6.46. The molecule has 0 aliphatic heterocycles. The van der Waals surface area contributed by atoms with Gasteiger partial charge in [-0.2, -0.15) is 0 Å². The molecule has 1 aromatic heterocycles. The lowest BCUT2D eigenvalue weighted by molar-refractivity contribution is -0.384. The van der Waals surface area contributed by atoms with Gasteiger partial charge in [0.15, 0.2) is 0 Å². The standard InChI is InChI=1S/C11H15BrN4O3/c1-4-15(3)11(17)7(2)14-10-8(12)5-13-6-9(10)16(18)19/h5-7H,4H2,1-3H3,(H,13,14). The fourth-order valence-corrected chi connectivity index (χ4v) is 1.91. The largest absolute Gasteiger partial charge is 0.367 e. The minimum Gasteiger partial charge on any atom is -0.367 e. The number of halogens is 1. The van der Waals surface area contributed by atoms with Crippen molar-refractivity contribution in [2.24, 2.45) is 0 Å². The lowest BCUT2D eigenvalue weighted by Crippen LogP contribution is -2.39. The minimum atomic E-state index is -0.567. The van der Waals surface area contributed by atoms with Gasteiger partial charge in [0, 0.05) is 19.8 Å². The molecule has 0 saturated carbocycles. The summed E-state index contributed by atoms with van der Waals surface area (Å²) in [5, 5.41) is 13.8. The van der Waals surface area contributed by atoms with Crippen molar-refractivity contribution in [2.75, 3.05) is 18.9 Å². The van der Waals surface area contributed by atoms with Gasteiger partial charge in [0.05, 0.1) is 9.40 Å². The van der Waals surface area contributed by atoms with E-state index in [0.29, 0.717) is 11.0 Å². The number of pyridine rings is 1.